The monoisotopic (exact) mass is 430 g/mol. The Morgan fingerprint density at radius 3 is 1.53 bits per heavy atom. The molecule has 0 aliphatic rings. The number of rotatable bonds is 14. The third kappa shape index (κ3) is 7.03. The topological polar surface area (TPSA) is 47.9 Å². The molecule has 166 valence electrons. The van der Waals surface area contributed by atoms with Gasteiger partial charge in [-0.05, 0) is 34.7 Å². The van der Waals surface area contributed by atoms with E-state index in [-0.39, 0.29) is 11.6 Å². The predicted octanol–water partition coefficient (Wildman–Crippen LogP) is 3.76. The first-order valence-electron chi connectivity index (χ1n) is 11.0. The van der Waals surface area contributed by atoms with Crippen LogP contribution < -0.4 is 10.4 Å². The van der Waals surface area contributed by atoms with Gasteiger partial charge in [-0.15, -0.1) is 0 Å². The van der Waals surface area contributed by atoms with E-state index >= 15 is 0 Å². The molecule has 2 aromatic carbocycles. The van der Waals surface area contributed by atoms with Crippen molar-refractivity contribution >= 4 is 18.7 Å². The zero-order chi connectivity index (χ0) is 21.7. The molecular formula is C25H38O4Si. The van der Waals surface area contributed by atoms with Crippen LogP contribution in [-0.2, 0) is 13.9 Å². The zero-order valence-electron chi connectivity index (χ0n) is 18.8. The van der Waals surface area contributed by atoms with Gasteiger partial charge in [-0.3, -0.25) is 0 Å². The Bertz CT molecular complexity index is 646. The maximum atomic E-state index is 8.73. The fourth-order valence-electron chi connectivity index (χ4n) is 3.78. The number of benzene rings is 2. The molecule has 2 rings (SSSR count). The minimum absolute atomic E-state index is 0.00245. The highest BCUT2D eigenvalue weighted by atomic mass is 28.4. The Morgan fingerprint density at radius 1 is 0.667 bits per heavy atom. The van der Waals surface area contributed by atoms with Crippen LogP contribution >= 0.6 is 0 Å². The first-order valence-corrected chi connectivity index (χ1v) is 12.9. The van der Waals surface area contributed by atoms with Gasteiger partial charge < -0.3 is 19.0 Å². The van der Waals surface area contributed by atoms with Gasteiger partial charge in [0.1, 0.15) is 0 Å². The van der Waals surface area contributed by atoms with Crippen molar-refractivity contribution in [3.05, 3.63) is 60.7 Å². The lowest BCUT2D eigenvalue weighted by Crippen LogP contribution is -2.66. The van der Waals surface area contributed by atoms with Gasteiger partial charge in [0.25, 0.3) is 8.32 Å². The molecule has 0 amide bonds. The van der Waals surface area contributed by atoms with Crippen molar-refractivity contribution in [3.63, 3.8) is 0 Å². The summed E-state index contributed by atoms with van der Waals surface area (Å²) in [5.74, 6) is 0. The Hall–Kier alpha value is -1.50. The smallest absolute Gasteiger partial charge is 0.261 e. The number of aliphatic hydroxyl groups is 1. The van der Waals surface area contributed by atoms with Crippen molar-refractivity contribution < 1.29 is 19.0 Å². The normalized spacial score (nSPS) is 12.3. The Balaban J connectivity index is 1.94. The standard InChI is InChI=1S/C25H38O4Si/c1-25(2,3)30(23-13-6-4-7-14-23,24-15-8-5-9-16-24)29-22-12-21-28-20-11-19-27-18-10-17-26/h4-9,13-16,26H,10-12,17-22H2,1-3H3. The summed E-state index contributed by atoms with van der Waals surface area (Å²) in [6, 6.07) is 21.5. The maximum Gasteiger partial charge on any atom is 0.261 e. The molecule has 0 spiro atoms. The molecule has 0 radical (unpaired) electrons. The molecule has 0 aliphatic carbocycles. The Kier molecular flexibility index (Phi) is 10.8. The lowest BCUT2D eigenvalue weighted by Gasteiger charge is -2.43. The van der Waals surface area contributed by atoms with Crippen LogP contribution in [0.1, 0.15) is 40.0 Å². The molecule has 0 atom stereocenters. The molecule has 0 bridgehead atoms. The minimum Gasteiger partial charge on any atom is -0.407 e. The van der Waals surface area contributed by atoms with Crippen molar-refractivity contribution in [3.8, 4) is 0 Å². The van der Waals surface area contributed by atoms with Crippen molar-refractivity contribution in [2.75, 3.05) is 39.6 Å². The highest BCUT2D eigenvalue weighted by Crippen LogP contribution is 2.36. The predicted molar refractivity (Wildman–Crippen MR) is 126 cm³/mol. The largest absolute Gasteiger partial charge is 0.407 e. The maximum absolute atomic E-state index is 8.73. The molecule has 1 N–H and O–H groups in total. The van der Waals surface area contributed by atoms with Crippen LogP contribution in [0, 0.1) is 0 Å². The average Bonchev–Trinajstić information content (AvgIpc) is 2.75. The van der Waals surface area contributed by atoms with E-state index in [1.54, 1.807) is 0 Å². The van der Waals surface area contributed by atoms with Gasteiger partial charge in [-0.1, -0.05) is 81.4 Å². The quantitative estimate of drug-likeness (QED) is 0.366. The molecule has 0 aromatic heterocycles. The average molecular weight is 431 g/mol. The third-order valence-corrected chi connectivity index (χ3v) is 10.2. The van der Waals surface area contributed by atoms with Crippen LogP contribution in [0.5, 0.6) is 0 Å². The summed E-state index contributed by atoms with van der Waals surface area (Å²) < 4.78 is 18.0. The SMILES string of the molecule is CC(C)(C)[Si](OCCCOCCCOCCCO)(c1ccccc1)c1ccccc1. The van der Waals surface area contributed by atoms with Crippen molar-refractivity contribution in [1.82, 2.24) is 0 Å². The van der Waals surface area contributed by atoms with Crippen molar-refractivity contribution in [2.45, 2.75) is 45.1 Å². The van der Waals surface area contributed by atoms with Gasteiger partial charge >= 0.3 is 0 Å². The van der Waals surface area contributed by atoms with Gasteiger partial charge in [0.05, 0.1) is 0 Å². The van der Waals surface area contributed by atoms with Crippen LogP contribution in [0.4, 0.5) is 0 Å². The van der Waals surface area contributed by atoms with E-state index in [1.807, 2.05) is 0 Å². The van der Waals surface area contributed by atoms with Gasteiger partial charge in [-0.25, -0.2) is 0 Å². The summed E-state index contributed by atoms with van der Waals surface area (Å²) in [4.78, 5) is 0. The lowest BCUT2D eigenvalue weighted by atomic mass is 10.2. The Morgan fingerprint density at radius 2 is 1.10 bits per heavy atom. The molecule has 4 nitrogen and oxygen atoms in total. The van der Waals surface area contributed by atoms with E-state index in [1.165, 1.54) is 10.4 Å². The van der Waals surface area contributed by atoms with Gasteiger partial charge in [0, 0.05) is 39.6 Å². The summed E-state index contributed by atoms with van der Waals surface area (Å²) in [6.45, 7) is 10.4. The van der Waals surface area contributed by atoms with Gasteiger partial charge in [-0.2, -0.15) is 0 Å². The van der Waals surface area contributed by atoms with Crippen LogP contribution in [0.15, 0.2) is 60.7 Å². The molecule has 0 saturated heterocycles. The summed E-state index contributed by atoms with van der Waals surface area (Å²) in [7, 11) is -2.44. The molecule has 0 unspecified atom stereocenters. The molecule has 2 aromatic rings. The fourth-order valence-corrected chi connectivity index (χ4v) is 8.39. The van der Waals surface area contributed by atoms with Gasteiger partial charge in [0.15, 0.2) is 0 Å². The second kappa shape index (κ2) is 13.0. The minimum atomic E-state index is -2.44. The van der Waals surface area contributed by atoms with Crippen molar-refractivity contribution in [2.24, 2.45) is 0 Å². The molecule has 0 heterocycles. The Labute approximate surface area is 183 Å². The summed E-state index contributed by atoms with van der Waals surface area (Å²) in [5.41, 5.74) is 0. The zero-order valence-corrected chi connectivity index (χ0v) is 19.8. The first-order chi connectivity index (χ1) is 14.5. The van der Waals surface area contributed by atoms with Crippen molar-refractivity contribution in [1.29, 1.82) is 0 Å². The van der Waals surface area contributed by atoms with E-state index in [2.05, 4.69) is 81.4 Å². The number of aliphatic hydroxyl groups excluding tert-OH is 1. The van der Waals surface area contributed by atoms with E-state index < -0.39 is 8.32 Å². The van der Waals surface area contributed by atoms with E-state index in [4.69, 9.17) is 19.0 Å². The summed E-state index contributed by atoms with van der Waals surface area (Å²) in [5, 5.41) is 11.4. The van der Waals surface area contributed by atoms with E-state index in [9.17, 15) is 0 Å². The third-order valence-electron chi connectivity index (χ3n) is 5.19. The molecule has 30 heavy (non-hydrogen) atoms. The molecule has 0 saturated carbocycles. The highest BCUT2D eigenvalue weighted by molar-refractivity contribution is 6.99. The molecule has 0 fully saturated rings. The number of hydrogen-bond donors (Lipinski definition) is 1. The van der Waals surface area contributed by atoms with Crippen LogP contribution in [0.25, 0.3) is 0 Å². The first kappa shape index (κ1) is 24.8. The molecule has 0 aliphatic heterocycles. The molecular weight excluding hydrogens is 392 g/mol. The lowest BCUT2D eigenvalue weighted by molar-refractivity contribution is 0.0716. The highest BCUT2D eigenvalue weighted by Gasteiger charge is 2.49. The molecule has 5 heteroatoms. The summed E-state index contributed by atoms with van der Waals surface area (Å²) in [6.07, 6.45) is 2.44. The fraction of sp³-hybridized carbons (Fsp3) is 0.520. The number of hydrogen-bond acceptors (Lipinski definition) is 4. The van der Waals surface area contributed by atoms with E-state index in [0.29, 0.717) is 39.5 Å². The number of ether oxygens (including phenoxy) is 2. The van der Waals surface area contributed by atoms with Gasteiger partial charge in [0.2, 0.25) is 0 Å². The second-order valence-corrected chi connectivity index (χ2v) is 12.8. The van der Waals surface area contributed by atoms with Crippen LogP contribution in [0.3, 0.4) is 0 Å². The van der Waals surface area contributed by atoms with Crippen LogP contribution in [0.2, 0.25) is 5.04 Å². The summed E-state index contributed by atoms with van der Waals surface area (Å²) >= 11 is 0. The second-order valence-electron chi connectivity index (χ2n) is 8.52. The van der Waals surface area contributed by atoms with Crippen LogP contribution in [-0.4, -0.2) is 53.1 Å². The van der Waals surface area contributed by atoms with E-state index in [0.717, 1.165) is 12.8 Å².